The van der Waals surface area contributed by atoms with Crippen LogP contribution in [-0.2, 0) is 5.54 Å². The van der Waals surface area contributed by atoms with Gasteiger partial charge in [0.05, 0.1) is 0 Å². The number of hydrogen-bond donors (Lipinski definition) is 1. The van der Waals surface area contributed by atoms with Crippen LogP contribution in [0.1, 0.15) is 47.5 Å². The van der Waals surface area contributed by atoms with E-state index in [-0.39, 0.29) is 11.1 Å². The lowest BCUT2D eigenvalue weighted by atomic mass is 10.0. The lowest BCUT2D eigenvalue weighted by molar-refractivity contribution is 0.383. The minimum Gasteiger partial charge on any atom is -0.365 e. The van der Waals surface area contributed by atoms with Crippen LogP contribution in [0.5, 0.6) is 0 Å². The summed E-state index contributed by atoms with van der Waals surface area (Å²) in [4.78, 5) is 16.4. The van der Waals surface area contributed by atoms with E-state index in [0.29, 0.717) is 11.7 Å². The minimum absolute atomic E-state index is 0.0454. The lowest BCUT2D eigenvalue weighted by Gasteiger charge is -2.23. The predicted octanol–water partition coefficient (Wildman–Crippen LogP) is 2.85. The van der Waals surface area contributed by atoms with Gasteiger partial charge in [0.15, 0.2) is 5.82 Å². The van der Waals surface area contributed by atoms with Gasteiger partial charge in [-0.25, -0.2) is 4.98 Å². The molecule has 0 saturated heterocycles. The monoisotopic (exact) mass is 251 g/mol. The second-order valence-electron chi connectivity index (χ2n) is 5.69. The number of nitrogens with one attached hydrogen (secondary N) is 1. The van der Waals surface area contributed by atoms with Crippen molar-refractivity contribution in [1.82, 2.24) is 9.55 Å². The quantitative estimate of drug-likeness (QED) is 0.875. The predicted molar refractivity (Wildman–Crippen MR) is 76.1 cm³/mol. The van der Waals surface area contributed by atoms with Crippen molar-refractivity contribution in [2.24, 2.45) is 5.92 Å². The molecule has 102 valence electrons. The highest BCUT2D eigenvalue weighted by molar-refractivity contribution is 5.31. The normalized spacial score (nSPS) is 11.9. The van der Waals surface area contributed by atoms with E-state index in [1.165, 1.54) is 0 Å². The van der Waals surface area contributed by atoms with Crippen LogP contribution in [-0.4, -0.2) is 16.1 Å². The van der Waals surface area contributed by atoms with E-state index in [1.807, 2.05) is 20.8 Å². The number of anilines is 1. The number of hydrogen-bond acceptors (Lipinski definition) is 3. The first-order valence-electron chi connectivity index (χ1n) is 6.72. The van der Waals surface area contributed by atoms with Crippen LogP contribution in [0.15, 0.2) is 17.2 Å². The molecule has 0 fully saturated rings. The van der Waals surface area contributed by atoms with Gasteiger partial charge in [-0.15, -0.1) is 0 Å². The van der Waals surface area contributed by atoms with Crippen molar-refractivity contribution in [3.63, 3.8) is 0 Å². The molecule has 1 heterocycles. The first-order chi connectivity index (χ1) is 8.40. The Morgan fingerprint density at radius 3 is 2.44 bits per heavy atom. The summed E-state index contributed by atoms with van der Waals surface area (Å²) in [5.41, 5.74) is -0.262. The Morgan fingerprint density at radius 1 is 1.33 bits per heavy atom. The molecule has 1 aromatic heterocycles. The van der Waals surface area contributed by atoms with Gasteiger partial charge < -0.3 is 9.88 Å². The van der Waals surface area contributed by atoms with E-state index >= 15 is 0 Å². The molecule has 0 aliphatic rings. The summed E-state index contributed by atoms with van der Waals surface area (Å²) in [6.07, 6.45) is 5.65. The number of nitrogens with zero attached hydrogens (tertiary/aromatic N) is 2. The zero-order chi connectivity index (χ0) is 13.8. The molecule has 4 heteroatoms. The molecule has 0 spiro atoms. The van der Waals surface area contributed by atoms with Crippen LogP contribution in [0.4, 0.5) is 5.82 Å². The van der Waals surface area contributed by atoms with Crippen molar-refractivity contribution >= 4 is 5.82 Å². The maximum Gasteiger partial charge on any atom is 0.293 e. The van der Waals surface area contributed by atoms with Gasteiger partial charge in [0.25, 0.3) is 5.56 Å². The van der Waals surface area contributed by atoms with E-state index in [9.17, 15) is 4.79 Å². The third-order valence-electron chi connectivity index (χ3n) is 3.28. The third-order valence-corrected chi connectivity index (χ3v) is 3.28. The third kappa shape index (κ3) is 3.59. The summed E-state index contributed by atoms with van der Waals surface area (Å²) in [5, 5.41) is 3.18. The van der Waals surface area contributed by atoms with Crippen molar-refractivity contribution in [2.75, 3.05) is 11.9 Å². The van der Waals surface area contributed by atoms with Gasteiger partial charge >= 0.3 is 0 Å². The Labute approximate surface area is 109 Å². The Bertz CT molecular complexity index is 427. The molecule has 0 aliphatic heterocycles. The summed E-state index contributed by atoms with van der Waals surface area (Å²) in [6, 6.07) is 0. The summed E-state index contributed by atoms with van der Waals surface area (Å²) < 4.78 is 1.72. The number of aromatic nitrogens is 2. The second-order valence-corrected chi connectivity index (χ2v) is 5.69. The average molecular weight is 251 g/mol. The summed E-state index contributed by atoms with van der Waals surface area (Å²) in [7, 11) is 0. The van der Waals surface area contributed by atoms with Crippen LogP contribution in [0.25, 0.3) is 0 Å². The fraction of sp³-hybridized carbons (Fsp3) is 0.714. The molecule has 0 unspecified atom stereocenters. The lowest BCUT2D eigenvalue weighted by Crippen LogP contribution is -2.35. The zero-order valence-corrected chi connectivity index (χ0v) is 12.2. The molecule has 4 nitrogen and oxygen atoms in total. The van der Waals surface area contributed by atoms with Crippen LogP contribution >= 0.6 is 0 Å². The molecule has 0 saturated carbocycles. The van der Waals surface area contributed by atoms with Crippen LogP contribution < -0.4 is 10.9 Å². The smallest absolute Gasteiger partial charge is 0.293 e. The van der Waals surface area contributed by atoms with Crippen molar-refractivity contribution < 1.29 is 0 Å². The zero-order valence-electron chi connectivity index (χ0n) is 12.2. The summed E-state index contributed by atoms with van der Waals surface area (Å²) in [5.74, 6) is 1.05. The molecular formula is C14H25N3O. The Balaban J connectivity index is 2.89. The molecule has 0 radical (unpaired) electrons. The van der Waals surface area contributed by atoms with Gasteiger partial charge in [0.2, 0.25) is 0 Å². The molecule has 0 aliphatic carbocycles. The van der Waals surface area contributed by atoms with E-state index in [1.54, 1.807) is 17.0 Å². The van der Waals surface area contributed by atoms with Crippen molar-refractivity contribution in [1.29, 1.82) is 0 Å². The standard InChI is InChI=1S/C14H25N3O/c1-6-11(7-2)10-16-12-13(18)17(9-8-15-12)14(3,4)5/h8-9,11H,6-7,10H2,1-5H3,(H,15,16). The first kappa shape index (κ1) is 14.7. The maximum absolute atomic E-state index is 12.2. The Kier molecular flexibility index (Phi) is 4.93. The highest BCUT2D eigenvalue weighted by atomic mass is 16.1. The molecule has 1 aromatic rings. The fourth-order valence-corrected chi connectivity index (χ4v) is 1.88. The molecule has 1 rings (SSSR count). The van der Waals surface area contributed by atoms with Crippen LogP contribution in [0.3, 0.4) is 0 Å². The van der Waals surface area contributed by atoms with E-state index in [2.05, 4.69) is 24.1 Å². The molecule has 0 amide bonds. The molecule has 0 aromatic carbocycles. The topological polar surface area (TPSA) is 46.9 Å². The van der Waals surface area contributed by atoms with Gasteiger partial charge in [-0.1, -0.05) is 26.7 Å². The Hall–Kier alpha value is -1.32. The van der Waals surface area contributed by atoms with Gasteiger partial charge in [-0.3, -0.25) is 4.79 Å². The maximum atomic E-state index is 12.2. The van der Waals surface area contributed by atoms with Gasteiger partial charge in [0.1, 0.15) is 0 Å². The highest BCUT2D eigenvalue weighted by Crippen LogP contribution is 2.12. The molecule has 18 heavy (non-hydrogen) atoms. The van der Waals surface area contributed by atoms with Crippen LogP contribution in [0, 0.1) is 5.92 Å². The van der Waals surface area contributed by atoms with Crippen LogP contribution in [0.2, 0.25) is 0 Å². The summed E-state index contributed by atoms with van der Waals surface area (Å²) >= 11 is 0. The summed E-state index contributed by atoms with van der Waals surface area (Å²) in [6.45, 7) is 11.2. The van der Waals surface area contributed by atoms with Gasteiger partial charge in [-0.2, -0.15) is 0 Å². The van der Waals surface area contributed by atoms with E-state index in [4.69, 9.17) is 0 Å². The fourth-order valence-electron chi connectivity index (χ4n) is 1.88. The SMILES string of the molecule is CCC(CC)CNc1nccn(C(C)(C)C)c1=O. The van der Waals surface area contributed by atoms with Gasteiger partial charge in [0, 0.05) is 24.5 Å². The van der Waals surface area contributed by atoms with E-state index in [0.717, 1.165) is 19.4 Å². The van der Waals surface area contributed by atoms with Crippen molar-refractivity contribution in [3.8, 4) is 0 Å². The second kappa shape index (κ2) is 6.03. The molecule has 0 atom stereocenters. The highest BCUT2D eigenvalue weighted by Gasteiger charge is 2.16. The largest absolute Gasteiger partial charge is 0.365 e. The molecule has 1 N–H and O–H groups in total. The van der Waals surface area contributed by atoms with E-state index < -0.39 is 0 Å². The average Bonchev–Trinajstić information content (AvgIpc) is 2.30. The van der Waals surface area contributed by atoms with Crippen molar-refractivity contribution in [2.45, 2.75) is 53.0 Å². The first-order valence-corrected chi connectivity index (χ1v) is 6.72. The minimum atomic E-state index is -0.217. The van der Waals surface area contributed by atoms with Crippen molar-refractivity contribution in [3.05, 3.63) is 22.7 Å². The number of rotatable bonds is 5. The molecule has 0 bridgehead atoms. The molecular weight excluding hydrogens is 226 g/mol. The van der Waals surface area contributed by atoms with Gasteiger partial charge in [-0.05, 0) is 26.7 Å². The Morgan fingerprint density at radius 2 is 1.94 bits per heavy atom.